The van der Waals surface area contributed by atoms with Crippen LogP contribution in [-0.2, 0) is 6.54 Å². The number of pyridine rings is 1. The van der Waals surface area contributed by atoms with Crippen molar-refractivity contribution in [1.82, 2.24) is 10.3 Å². The van der Waals surface area contributed by atoms with Gasteiger partial charge in [0.2, 0.25) is 0 Å². The van der Waals surface area contributed by atoms with Crippen LogP contribution in [0.25, 0.3) is 0 Å². The van der Waals surface area contributed by atoms with Crippen molar-refractivity contribution in [2.75, 3.05) is 0 Å². The Kier molecular flexibility index (Phi) is 3.83. The van der Waals surface area contributed by atoms with Gasteiger partial charge < -0.3 is 5.32 Å². The first kappa shape index (κ1) is 11.5. The first-order valence-corrected chi connectivity index (χ1v) is 5.79. The molecule has 1 aliphatic carbocycles. The van der Waals surface area contributed by atoms with Crippen molar-refractivity contribution in [1.29, 1.82) is 0 Å². The predicted molar refractivity (Wildman–Crippen MR) is 57.9 cm³/mol. The van der Waals surface area contributed by atoms with E-state index in [2.05, 4.69) is 10.3 Å². The van der Waals surface area contributed by atoms with E-state index in [-0.39, 0.29) is 0 Å². The monoisotopic (exact) mass is 226 g/mol. The second-order valence-corrected chi connectivity index (χ2v) is 4.30. The van der Waals surface area contributed by atoms with Crippen LogP contribution in [0.4, 0.5) is 8.78 Å². The molecule has 1 heterocycles. The fraction of sp³-hybridized carbons (Fsp3) is 0.583. The van der Waals surface area contributed by atoms with Gasteiger partial charge in [-0.1, -0.05) is 19.3 Å². The van der Waals surface area contributed by atoms with E-state index in [1.54, 1.807) is 0 Å². The molecule has 0 amide bonds. The van der Waals surface area contributed by atoms with E-state index in [9.17, 15) is 8.78 Å². The van der Waals surface area contributed by atoms with E-state index in [1.807, 2.05) is 0 Å². The molecule has 0 spiro atoms. The number of rotatable bonds is 3. The van der Waals surface area contributed by atoms with Crippen LogP contribution in [0.15, 0.2) is 12.3 Å². The molecule has 2 nitrogen and oxygen atoms in total. The lowest BCUT2D eigenvalue weighted by Gasteiger charge is -2.22. The molecule has 16 heavy (non-hydrogen) atoms. The molecule has 2 rings (SSSR count). The summed E-state index contributed by atoms with van der Waals surface area (Å²) in [7, 11) is 0. The van der Waals surface area contributed by atoms with Gasteiger partial charge in [0.1, 0.15) is 11.6 Å². The maximum Gasteiger partial charge on any atom is 0.148 e. The van der Waals surface area contributed by atoms with E-state index in [0.717, 1.165) is 25.1 Å². The Labute approximate surface area is 94.1 Å². The van der Waals surface area contributed by atoms with Crippen molar-refractivity contribution in [2.24, 2.45) is 0 Å². The molecule has 0 unspecified atom stereocenters. The molecular weight excluding hydrogens is 210 g/mol. The number of nitrogens with one attached hydrogen (secondary N) is 1. The van der Waals surface area contributed by atoms with Crippen LogP contribution >= 0.6 is 0 Å². The largest absolute Gasteiger partial charge is 0.308 e. The van der Waals surface area contributed by atoms with E-state index in [1.165, 1.54) is 19.3 Å². The quantitative estimate of drug-likeness (QED) is 0.857. The summed E-state index contributed by atoms with van der Waals surface area (Å²) in [5, 5.41) is 3.27. The van der Waals surface area contributed by atoms with Crippen LogP contribution in [-0.4, -0.2) is 11.0 Å². The summed E-state index contributed by atoms with van der Waals surface area (Å²) in [6.45, 7) is 0.386. The van der Waals surface area contributed by atoms with Crippen molar-refractivity contribution in [3.8, 4) is 0 Å². The van der Waals surface area contributed by atoms with E-state index in [0.29, 0.717) is 18.3 Å². The van der Waals surface area contributed by atoms with Crippen LogP contribution in [0.5, 0.6) is 0 Å². The molecule has 0 aromatic carbocycles. The molecule has 1 N–H and O–H groups in total. The van der Waals surface area contributed by atoms with Gasteiger partial charge in [0.15, 0.2) is 0 Å². The predicted octanol–water partition coefficient (Wildman–Crippen LogP) is 2.78. The molecule has 1 aliphatic rings. The molecule has 1 aromatic rings. The minimum atomic E-state index is -0.626. The van der Waals surface area contributed by atoms with Gasteiger partial charge in [0.25, 0.3) is 0 Å². The number of aromatic nitrogens is 1. The van der Waals surface area contributed by atoms with E-state index in [4.69, 9.17) is 0 Å². The van der Waals surface area contributed by atoms with Crippen molar-refractivity contribution in [3.05, 3.63) is 29.6 Å². The fourth-order valence-corrected chi connectivity index (χ4v) is 2.12. The fourth-order valence-electron chi connectivity index (χ4n) is 2.12. The number of halogens is 2. The Morgan fingerprint density at radius 2 is 2.00 bits per heavy atom. The number of nitrogens with zero attached hydrogens (tertiary/aromatic N) is 1. The van der Waals surface area contributed by atoms with Crippen LogP contribution in [0.2, 0.25) is 0 Å². The lowest BCUT2D eigenvalue weighted by molar-refractivity contribution is 0.368. The highest BCUT2D eigenvalue weighted by molar-refractivity contribution is 5.08. The lowest BCUT2D eigenvalue weighted by atomic mass is 9.95. The highest BCUT2D eigenvalue weighted by atomic mass is 19.1. The highest BCUT2D eigenvalue weighted by Gasteiger charge is 2.13. The highest BCUT2D eigenvalue weighted by Crippen LogP contribution is 2.18. The molecule has 88 valence electrons. The minimum absolute atomic E-state index is 0.298. The molecule has 1 fully saturated rings. The van der Waals surface area contributed by atoms with Crippen LogP contribution in [0.3, 0.4) is 0 Å². The summed E-state index contributed by atoms with van der Waals surface area (Å²) in [6, 6.07) is 1.34. The molecule has 1 saturated carbocycles. The van der Waals surface area contributed by atoms with Gasteiger partial charge in [-0.25, -0.2) is 8.78 Å². The summed E-state index contributed by atoms with van der Waals surface area (Å²) < 4.78 is 25.9. The van der Waals surface area contributed by atoms with Crippen LogP contribution in [0.1, 0.15) is 37.8 Å². The van der Waals surface area contributed by atoms with Gasteiger partial charge >= 0.3 is 0 Å². The van der Waals surface area contributed by atoms with Gasteiger partial charge in [0, 0.05) is 18.7 Å². The second kappa shape index (κ2) is 5.34. The Morgan fingerprint density at radius 3 is 2.69 bits per heavy atom. The lowest BCUT2D eigenvalue weighted by Crippen LogP contribution is -2.31. The topological polar surface area (TPSA) is 24.9 Å². The van der Waals surface area contributed by atoms with Gasteiger partial charge in [-0.2, -0.15) is 0 Å². The summed E-state index contributed by atoms with van der Waals surface area (Å²) in [6.07, 6.45) is 7.10. The van der Waals surface area contributed by atoms with E-state index >= 15 is 0 Å². The normalized spacial score (nSPS) is 17.6. The zero-order valence-corrected chi connectivity index (χ0v) is 9.18. The van der Waals surface area contributed by atoms with Gasteiger partial charge in [-0.05, 0) is 12.8 Å². The number of hydrogen-bond donors (Lipinski definition) is 1. The SMILES string of the molecule is Fc1cnc(CNC2CCCCC2)c(F)c1. The summed E-state index contributed by atoms with van der Waals surface area (Å²) in [5.74, 6) is -1.19. The third-order valence-electron chi connectivity index (χ3n) is 3.05. The summed E-state index contributed by atoms with van der Waals surface area (Å²) in [4.78, 5) is 3.75. The summed E-state index contributed by atoms with van der Waals surface area (Å²) in [5.41, 5.74) is 0.298. The average Bonchev–Trinajstić information content (AvgIpc) is 2.29. The Bertz CT molecular complexity index is 349. The van der Waals surface area contributed by atoms with Crippen molar-refractivity contribution >= 4 is 0 Å². The first-order valence-electron chi connectivity index (χ1n) is 5.79. The van der Waals surface area contributed by atoms with Crippen molar-refractivity contribution < 1.29 is 8.78 Å². The van der Waals surface area contributed by atoms with Gasteiger partial charge in [-0.15, -0.1) is 0 Å². The first-order chi connectivity index (χ1) is 7.75. The van der Waals surface area contributed by atoms with Crippen molar-refractivity contribution in [2.45, 2.75) is 44.7 Å². The summed E-state index contributed by atoms with van der Waals surface area (Å²) >= 11 is 0. The number of hydrogen-bond acceptors (Lipinski definition) is 2. The molecule has 0 saturated heterocycles. The molecular formula is C12H16F2N2. The van der Waals surface area contributed by atoms with Gasteiger partial charge in [-0.3, -0.25) is 4.98 Å². The van der Waals surface area contributed by atoms with E-state index < -0.39 is 11.6 Å². The zero-order chi connectivity index (χ0) is 11.4. The zero-order valence-electron chi connectivity index (χ0n) is 9.18. The molecule has 0 aliphatic heterocycles. The average molecular weight is 226 g/mol. The molecule has 0 radical (unpaired) electrons. The second-order valence-electron chi connectivity index (χ2n) is 4.30. The molecule has 0 bridgehead atoms. The molecule has 4 heteroatoms. The molecule has 1 aromatic heterocycles. The minimum Gasteiger partial charge on any atom is -0.308 e. The maximum absolute atomic E-state index is 13.3. The maximum atomic E-state index is 13.3. The third-order valence-corrected chi connectivity index (χ3v) is 3.05. The standard InChI is InChI=1S/C12H16F2N2/c13-9-6-11(14)12(16-7-9)8-15-10-4-2-1-3-5-10/h6-7,10,15H,1-5,8H2. The van der Waals surface area contributed by atoms with Gasteiger partial charge in [0.05, 0.1) is 11.9 Å². The molecule has 0 atom stereocenters. The smallest absolute Gasteiger partial charge is 0.148 e. The Balaban J connectivity index is 1.88. The van der Waals surface area contributed by atoms with Crippen LogP contribution in [0, 0.1) is 11.6 Å². The third kappa shape index (κ3) is 2.98. The van der Waals surface area contributed by atoms with Crippen molar-refractivity contribution in [3.63, 3.8) is 0 Å². The Hall–Kier alpha value is -1.03. The Morgan fingerprint density at radius 1 is 1.25 bits per heavy atom. The van der Waals surface area contributed by atoms with Crippen LogP contribution < -0.4 is 5.32 Å².